The Balaban J connectivity index is 2.40. The molecule has 0 spiro atoms. The Labute approximate surface area is 137 Å². The maximum Gasteiger partial charge on any atom is 0.186 e. The minimum absolute atomic E-state index is 0.00418. The fraction of sp³-hybridized carbons (Fsp3) is 0.875. The molecule has 7 nitrogen and oxygen atoms in total. The van der Waals surface area contributed by atoms with Gasteiger partial charge in [-0.15, -0.1) is 0 Å². The number of hydrogen-bond donors (Lipinski definition) is 5. The normalized spacial score (nSPS) is 34.0. The molecule has 1 aliphatic heterocycles. The Morgan fingerprint density at radius 3 is 2.39 bits per heavy atom. The third-order valence-electron chi connectivity index (χ3n) is 4.13. The first kappa shape index (κ1) is 20.5. The zero-order valence-electron chi connectivity index (χ0n) is 14.0. The van der Waals surface area contributed by atoms with Crippen molar-refractivity contribution in [3.05, 3.63) is 11.6 Å². The van der Waals surface area contributed by atoms with Crippen LogP contribution in [0.2, 0.25) is 0 Å². The molecular formula is C16H30O7. The summed E-state index contributed by atoms with van der Waals surface area (Å²) in [5.74, 6) is -0.00418. The van der Waals surface area contributed by atoms with Crippen LogP contribution >= 0.6 is 0 Å². The summed E-state index contributed by atoms with van der Waals surface area (Å²) >= 11 is 0. The van der Waals surface area contributed by atoms with Crippen LogP contribution < -0.4 is 0 Å². The SMILES string of the molecule is CC(C)=CC[C@H](O)C(C)CCO[C@@H]1O[C@H](CO)[C@@H](O)[C@H](O)[C@H]1O. The molecular weight excluding hydrogens is 304 g/mol. The molecule has 0 radical (unpaired) electrons. The predicted octanol–water partition coefficient (Wildman–Crippen LogP) is -0.454. The van der Waals surface area contributed by atoms with Gasteiger partial charge in [0.1, 0.15) is 24.4 Å². The zero-order chi connectivity index (χ0) is 17.6. The first-order valence-electron chi connectivity index (χ1n) is 8.01. The summed E-state index contributed by atoms with van der Waals surface area (Å²) in [7, 11) is 0. The van der Waals surface area contributed by atoms with Crippen LogP contribution in [0.25, 0.3) is 0 Å². The van der Waals surface area contributed by atoms with Crippen molar-refractivity contribution in [1.82, 2.24) is 0 Å². The molecule has 0 aromatic carbocycles. The van der Waals surface area contributed by atoms with Gasteiger partial charge in [0, 0.05) is 0 Å². The molecule has 1 heterocycles. The largest absolute Gasteiger partial charge is 0.394 e. The van der Waals surface area contributed by atoms with E-state index in [1.165, 1.54) is 0 Å². The quantitative estimate of drug-likeness (QED) is 0.381. The summed E-state index contributed by atoms with van der Waals surface area (Å²) in [5.41, 5.74) is 1.15. The fourth-order valence-corrected chi connectivity index (χ4v) is 2.36. The first-order chi connectivity index (χ1) is 10.8. The highest BCUT2D eigenvalue weighted by Crippen LogP contribution is 2.22. The predicted molar refractivity (Wildman–Crippen MR) is 83.6 cm³/mol. The Kier molecular flexibility index (Phi) is 8.63. The van der Waals surface area contributed by atoms with Gasteiger partial charge >= 0.3 is 0 Å². The highest BCUT2D eigenvalue weighted by atomic mass is 16.7. The molecule has 1 fully saturated rings. The van der Waals surface area contributed by atoms with E-state index < -0.39 is 43.4 Å². The summed E-state index contributed by atoms with van der Waals surface area (Å²) < 4.78 is 10.7. The number of rotatable bonds is 8. The smallest absolute Gasteiger partial charge is 0.186 e. The zero-order valence-corrected chi connectivity index (χ0v) is 14.0. The molecule has 23 heavy (non-hydrogen) atoms. The minimum atomic E-state index is -1.44. The van der Waals surface area contributed by atoms with Gasteiger partial charge in [-0.25, -0.2) is 0 Å². The van der Waals surface area contributed by atoms with Crippen molar-refractivity contribution in [2.24, 2.45) is 5.92 Å². The topological polar surface area (TPSA) is 120 Å². The highest BCUT2D eigenvalue weighted by Gasteiger charge is 2.43. The molecule has 0 amide bonds. The van der Waals surface area contributed by atoms with Crippen LogP contribution in [0, 0.1) is 5.92 Å². The van der Waals surface area contributed by atoms with Crippen LogP contribution in [0.4, 0.5) is 0 Å². The van der Waals surface area contributed by atoms with Gasteiger partial charge in [0.05, 0.1) is 19.3 Å². The molecule has 0 bridgehead atoms. The summed E-state index contributed by atoms with van der Waals surface area (Å²) in [6.45, 7) is 5.58. The molecule has 1 aliphatic rings. The summed E-state index contributed by atoms with van der Waals surface area (Å²) in [5, 5.41) is 48.3. The lowest BCUT2D eigenvalue weighted by Crippen LogP contribution is -2.59. The maximum absolute atomic E-state index is 10.0. The van der Waals surface area contributed by atoms with Gasteiger partial charge in [0.15, 0.2) is 6.29 Å². The standard InChI is InChI=1S/C16H30O7/c1-9(2)4-5-11(18)10(3)6-7-22-16-15(21)14(20)13(19)12(8-17)23-16/h4,10-21H,5-8H2,1-3H3/t10?,11-,12+,13+,14-,15+,16+/m0/s1. The summed E-state index contributed by atoms with van der Waals surface area (Å²) in [6.07, 6.45) is -3.70. The van der Waals surface area contributed by atoms with Gasteiger partial charge in [-0.2, -0.15) is 0 Å². The fourth-order valence-electron chi connectivity index (χ4n) is 2.36. The Morgan fingerprint density at radius 1 is 1.17 bits per heavy atom. The lowest BCUT2D eigenvalue weighted by atomic mass is 9.97. The van der Waals surface area contributed by atoms with Crippen LogP contribution in [0.1, 0.15) is 33.6 Å². The molecule has 7 heteroatoms. The van der Waals surface area contributed by atoms with Crippen molar-refractivity contribution >= 4 is 0 Å². The first-order valence-corrected chi connectivity index (χ1v) is 8.01. The maximum atomic E-state index is 10.0. The second-order valence-electron chi connectivity index (χ2n) is 6.42. The monoisotopic (exact) mass is 334 g/mol. The van der Waals surface area contributed by atoms with E-state index in [-0.39, 0.29) is 12.5 Å². The minimum Gasteiger partial charge on any atom is -0.394 e. The third-order valence-corrected chi connectivity index (χ3v) is 4.13. The van der Waals surface area contributed by atoms with E-state index >= 15 is 0 Å². The van der Waals surface area contributed by atoms with Gasteiger partial charge in [-0.05, 0) is 32.6 Å². The average molecular weight is 334 g/mol. The summed E-state index contributed by atoms with van der Waals surface area (Å²) in [6, 6.07) is 0. The number of aliphatic hydroxyl groups excluding tert-OH is 5. The van der Waals surface area contributed by atoms with E-state index in [0.29, 0.717) is 12.8 Å². The van der Waals surface area contributed by atoms with Crippen molar-refractivity contribution < 1.29 is 35.0 Å². The van der Waals surface area contributed by atoms with E-state index in [2.05, 4.69) is 0 Å². The van der Waals surface area contributed by atoms with Crippen LogP contribution in [0.15, 0.2) is 11.6 Å². The number of ether oxygens (including phenoxy) is 2. The van der Waals surface area contributed by atoms with Crippen molar-refractivity contribution in [3.63, 3.8) is 0 Å². The lowest BCUT2D eigenvalue weighted by molar-refractivity contribution is -0.301. The van der Waals surface area contributed by atoms with Crippen LogP contribution in [-0.2, 0) is 9.47 Å². The second-order valence-corrected chi connectivity index (χ2v) is 6.42. The second kappa shape index (κ2) is 9.68. The Morgan fingerprint density at radius 2 is 1.83 bits per heavy atom. The highest BCUT2D eigenvalue weighted by molar-refractivity contribution is 4.94. The molecule has 5 N–H and O–H groups in total. The molecule has 0 aromatic rings. The average Bonchev–Trinajstić information content (AvgIpc) is 2.52. The molecule has 0 aromatic heterocycles. The van der Waals surface area contributed by atoms with Crippen LogP contribution in [0.5, 0.6) is 0 Å². The molecule has 1 unspecified atom stereocenters. The van der Waals surface area contributed by atoms with Gasteiger partial charge in [-0.3, -0.25) is 0 Å². The van der Waals surface area contributed by atoms with E-state index in [1.807, 2.05) is 26.8 Å². The van der Waals surface area contributed by atoms with Gasteiger partial charge < -0.3 is 35.0 Å². The Bertz CT molecular complexity index is 367. The van der Waals surface area contributed by atoms with Crippen molar-refractivity contribution in [1.29, 1.82) is 0 Å². The molecule has 1 rings (SSSR count). The van der Waals surface area contributed by atoms with Crippen LogP contribution in [-0.4, -0.2) is 75.6 Å². The van der Waals surface area contributed by atoms with E-state index in [9.17, 15) is 20.4 Å². The molecule has 0 aliphatic carbocycles. The Hall–Kier alpha value is -0.540. The number of allylic oxidation sites excluding steroid dienone is 1. The van der Waals surface area contributed by atoms with E-state index in [0.717, 1.165) is 5.57 Å². The van der Waals surface area contributed by atoms with Crippen molar-refractivity contribution in [3.8, 4) is 0 Å². The lowest BCUT2D eigenvalue weighted by Gasteiger charge is -2.39. The third kappa shape index (κ3) is 6.11. The van der Waals surface area contributed by atoms with Gasteiger partial charge in [-0.1, -0.05) is 18.6 Å². The van der Waals surface area contributed by atoms with Crippen molar-refractivity contribution in [2.75, 3.05) is 13.2 Å². The molecule has 0 saturated carbocycles. The van der Waals surface area contributed by atoms with E-state index in [4.69, 9.17) is 14.6 Å². The summed E-state index contributed by atoms with van der Waals surface area (Å²) in [4.78, 5) is 0. The van der Waals surface area contributed by atoms with Gasteiger partial charge in [0.25, 0.3) is 0 Å². The van der Waals surface area contributed by atoms with Gasteiger partial charge in [0.2, 0.25) is 0 Å². The number of aliphatic hydroxyl groups is 5. The molecule has 1 saturated heterocycles. The molecule has 136 valence electrons. The number of hydrogen-bond acceptors (Lipinski definition) is 7. The van der Waals surface area contributed by atoms with E-state index in [1.54, 1.807) is 0 Å². The molecule has 7 atom stereocenters. The van der Waals surface area contributed by atoms with Crippen LogP contribution in [0.3, 0.4) is 0 Å². The van der Waals surface area contributed by atoms with Crippen molar-refractivity contribution in [2.45, 2.75) is 70.4 Å².